The highest BCUT2D eigenvalue weighted by Crippen LogP contribution is 2.16. The van der Waals surface area contributed by atoms with E-state index in [-0.39, 0.29) is 0 Å². The van der Waals surface area contributed by atoms with Gasteiger partial charge in [-0.25, -0.2) is 0 Å². The third-order valence-corrected chi connectivity index (χ3v) is 3.65. The van der Waals surface area contributed by atoms with Crippen LogP contribution in [0.5, 0.6) is 0 Å². The maximum atomic E-state index is 5.38. The molecule has 2 aromatic rings. The molecule has 0 aliphatic heterocycles. The Morgan fingerprint density at radius 1 is 1.04 bits per heavy atom. The quantitative estimate of drug-likeness (QED) is 0.557. The van der Waals surface area contributed by atoms with Gasteiger partial charge in [0, 0.05) is 5.69 Å². The van der Waals surface area contributed by atoms with Gasteiger partial charge in [0.15, 0.2) is 5.11 Å². The van der Waals surface area contributed by atoms with Crippen molar-refractivity contribution in [3.8, 4) is 0 Å². The molecule has 0 fully saturated rings. The minimum Gasteiger partial charge on any atom is -0.331 e. The van der Waals surface area contributed by atoms with E-state index in [0.717, 1.165) is 28.9 Å². The number of hydrogen-bond donors (Lipinski definition) is 3. The first kappa shape index (κ1) is 17.0. The zero-order chi connectivity index (χ0) is 16.7. The SMILES string of the molecule is CC/C=C(\NNC(=S)Nc1cc(C)ccc1C)c1ccccc1. The minimum absolute atomic E-state index is 0.539. The summed E-state index contributed by atoms with van der Waals surface area (Å²) in [4.78, 5) is 0. The second-order valence-corrected chi connectivity index (χ2v) is 5.82. The van der Waals surface area contributed by atoms with Crippen LogP contribution in [0.3, 0.4) is 0 Å². The summed E-state index contributed by atoms with van der Waals surface area (Å²) in [6.45, 7) is 6.23. The average Bonchev–Trinajstić information content (AvgIpc) is 2.55. The van der Waals surface area contributed by atoms with Crippen molar-refractivity contribution in [3.05, 3.63) is 71.3 Å². The first-order chi connectivity index (χ1) is 11.1. The van der Waals surface area contributed by atoms with Crippen molar-refractivity contribution in [1.82, 2.24) is 10.9 Å². The lowest BCUT2D eigenvalue weighted by molar-refractivity contribution is 0.844. The molecule has 0 radical (unpaired) electrons. The Kier molecular flexibility index (Phi) is 6.18. The number of rotatable bonds is 5. The standard InChI is InChI=1S/C19H23N3S/c1-4-8-17(16-9-6-5-7-10-16)21-22-19(23)20-18-13-14(2)11-12-15(18)3/h5-13,21H,4H2,1-3H3,(H2,20,22,23)/b17-8-. The van der Waals surface area contributed by atoms with Gasteiger partial charge in [-0.1, -0.05) is 55.5 Å². The maximum absolute atomic E-state index is 5.38. The van der Waals surface area contributed by atoms with Crippen LogP contribution < -0.4 is 16.2 Å². The first-order valence-electron chi connectivity index (χ1n) is 7.76. The molecular formula is C19H23N3S. The van der Waals surface area contributed by atoms with Gasteiger partial charge in [-0.05, 0) is 55.2 Å². The summed E-state index contributed by atoms with van der Waals surface area (Å²) < 4.78 is 0. The molecule has 120 valence electrons. The molecule has 2 aromatic carbocycles. The van der Waals surface area contributed by atoms with E-state index < -0.39 is 0 Å². The monoisotopic (exact) mass is 325 g/mol. The normalized spacial score (nSPS) is 11.0. The maximum Gasteiger partial charge on any atom is 0.189 e. The van der Waals surface area contributed by atoms with Crippen LogP contribution in [0, 0.1) is 13.8 Å². The Balaban J connectivity index is 2.00. The van der Waals surface area contributed by atoms with Gasteiger partial charge in [0.05, 0.1) is 5.70 Å². The Morgan fingerprint density at radius 2 is 1.78 bits per heavy atom. The largest absolute Gasteiger partial charge is 0.331 e. The number of allylic oxidation sites excluding steroid dienone is 1. The lowest BCUT2D eigenvalue weighted by atomic mass is 10.1. The number of anilines is 1. The summed E-state index contributed by atoms with van der Waals surface area (Å²) in [5.74, 6) is 0. The van der Waals surface area contributed by atoms with Gasteiger partial charge in [0.2, 0.25) is 0 Å². The second-order valence-electron chi connectivity index (χ2n) is 5.41. The van der Waals surface area contributed by atoms with Crippen LogP contribution in [-0.4, -0.2) is 5.11 Å². The molecule has 0 unspecified atom stereocenters. The van der Waals surface area contributed by atoms with Crippen LogP contribution >= 0.6 is 12.2 Å². The molecule has 0 aromatic heterocycles. The second kappa shape index (κ2) is 8.34. The van der Waals surface area contributed by atoms with Crippen LogP contribution in [0.2, 0.25) is 0 Å². The first-order valence-corrected chi connectivity index (χ1v) is 8.17. The third kappa shape index (κ3) is 5.11. The molecule has 0 bridgehead atoms. The van der Waals surface area contributed by atoms with E-state index in [1.54, 1.807) is 0 Å². The summed E-state index contributed by atoms with van der Waals surface area (Å²) in [5, 5.41) is 3.77. The zero-order valence-electron chi connectivity index (χ0n) is 13.8. The van der Waals surface area contributed by atoms with Gasteiger partial charge in [0.1, 0.15) is 0 Å². The Bertz CT molecular complexity index is 693. The number of benzene rings is 2. The molecule has 4 heteroatoms. The summed E-state index contributed by atoms with van der Waals surface area (Å²) in [6, 6.07) is 16.4. The predicted molar refractivity (Wildman–Crippen MR) is 103 cm³/mol. The van der Waals surface area contributed by atoms with Crippen LogP contribution in [0.1, 0.15) is 30.0 Å². The zero-order valence-corrected chi connectivity index (χ0v) is 14.6. The number of nitrogens with one attached hydrogen (secondary N) is 3. The summed E-state index contributed by atoms with van der Waals surface area (Å²) >= 11 is 5.38. The fourth-order valence-electron chi connectivity index (χ4n) is 2.21. The van der Waals surface area contributed by atoms with E-state index in [2.05, 4.69) is 73.3 Å². The van der Waals surface area contributed by atoms with Gasteiger partial charge in [-0.2, -0.15) is 0 Å². The lowest BCUT2D eigenvalue weighted by Crippen LogP contribution is -2.39. The predicted octanol–water partition coefficient (Wildman–Crippen LogP) is 4.55. The van der Waals surface area contributed by atoms with Crippen LogP contribution in [0.4, 0.5) is 5.69 Å². The van der Waals surface area contributed by atoms with Crippen LogP contribution in [0.25, 0.3) is 5.70 Å². The Morgan fingerprint density at radius 3 is 2.48 bits per heavy atom. The third-order valence-electron chi connectivity index (χ3n) is 3.45. The summed E-state index contributed by atoms with van der Waals surface area (Å²) in [5.41, 5.74) is 11.8. The molecule has 0 amide bonds. The van der Waals surface area contributed by atoms with E-state index in [1.807, 2.05) is 18.2 Å². The molecule has 0 aliphatic carbocycles. The fraction of sp³-hybridized carbons (Fsp3) is 0.211. The molecule has 0 heterocycles. The van der Waals surface area contributed by atoms with Crippen molar-refractivity contribution in [1.29, 1.82) is 0 Å². The Hall–Kier alpha value is -2.33. The Labute approximate surface area is 143 Å². The van der Waals surface area contributed by atoms with Gasteiger partial charge >= 0.3 is 0 Å². The fourth-order valence-corrected chi connectivity index (χ4v) is 2.37. The van der Waals surface area contributed by atoms with Crippen LogP contribution in [0.15, 0.2) is 54.6 Å². The smallest absolute Gasteiger partial charge is 0.189 e. The highest BCUT2D eigenvalue weighted by molar-refractivity contribution is 7.80. The topological polar surface area (TPSA) is 36.1 Å². The van der Waals surface area contributed by atoms with Crippen molar-refractivity contribution >= 4 is 28.7 Å². The van der Waals surface area contributed by atoms with Gasteiger partial charge < -0.3 is 5.32 Å². The molecule has 3 N–H and O–H groups in total. The molecule has 23 heavy (non-hydrogen) atoms. The molecule has 2 rings (SSSR count). The van der Waals surface area contributed by atoms with Gasteiger partial charge in [0.25, 0.3) is 0 Å². The van der Waals surface area contributed by atoms with E-state index in [4.69, 9.17) is 12.2 Å². The number of thiocarbonyl (C=S) groups is 1. The van der Waals surface area contributed by atoms with E-state index >= 15 is 0 Å². The summed E-state index contributed by atoms with van der Waals surface area (Å²) in [6.07, 6.45) is 3.07. The lowest BCUT2D eigenvalue weighted by Gasteiger charge is -2.16. The molecule has 0 saturated heterocycles. The van der Waals surface area contributed by atoms with Crippen LogP contribution in [-0.2, 0) is 0 Å². The molecule has 0 spiro atoms. The molecule has 0 atom stereocenters. The number of hydrogen-bond acceptors (Lipinski definition) is 2. The van der Waals surface area contributed by atoms with Crippen molar-refractivity contribution in [2.45, 2.75) is 27.2 Å². The number of hydrazine groups is 1. The molecule has 0 saturated carbocycles. The highest BCUT2D eigenvalue weighted by atomic mass is 32.1. The van der Waals surface area contributed by atoms with E-state index in [0.29, 0.717) is 5.11 Å². The van der Waals surface area contributed by atoms with Crippen molar-refractivity contribution < 1.29 is 0 Å². The van der Waals surface area contributed by atoms with Gasteiger partial charge in [-0.15, -0.1) is 0 Å². The molecule has 3 nitrogen and oxygen atoms in total. The van der Waals surface area contributed by atoms with E-state index in [1.165, 1.54) is 5.56 Å². The summed E-state index contributed by atoms with van der Waals surface area (Å²) in [7, 11) is 0. The number of aryl methyl sites for hydroxylation is 2. The average molecular weight is 325 g/mol. The highest BCUT2D eigenvalue weighted by Gasteiger charge is 2.03. The molecular weight excluding hydrogens is 302 g/mol. The van der Waals surface area contributed by atoms with Crippen molar-refractivity contribution in [2.24, 2.45) is 0 Å². The van der Waals surface area contributed by atoms with Gasteiger partial charge in [-0.3, -0.25) is 10.9 Å². The van der Waals surface area contributed by atoms with Crippen molar-refractivity contribution in [3.63, 3.8) is 0 Å². The minimum atomic E-state index is 0.539. The van der Waals surface area contributed by atoms with E-state index in [9.17, 15) is 0 Å². The molecule has 0 aliphatic rings. The van der Waals surface area contributed by atoms with Crippen molar-refractivity contribution in [2.75, 3.05) is 5.32 Å².